The number of unbranched alkanes of at least 4 members (excludes halogenated alkanes) is 1. The third kappa shape index (κ3) is 29.0. The number of nitrogens with zero attached hydrogens (tertiary/aromatic N) is 16. The number of rotatable bonds is 33. The topological polar surface area (TPSA) is 490 Å². The zero-order valence-corrected chi connectivity index (χ0v) is 75.6. The molecule has 4 aliphatic carbocycles. The fourth-order valence-corrected chi connectivity index (χ4v) is 15.3. The van der Waals surface area contributed by atoms with Crippen LogP contribution in [0.25, 0.3) is 45.6 Å². The van der Waals surface area contributed by atoms with Crippen LogP contribution in [0.1, 0.15) is 209 Å². The van der Waals surface area contributed by atoms with Crippen molar-refractivity contribution in [3.05, 3.63) is 130 Å². The van der Waals surface area contributed by atoms with Gasteiger partial charge < -0.3 is 69.0 Å². The van der Waals surface area contributed by atoms with Crippen molar-refractivity contribution >= 4 is 48.0 Å². The molecule has 38 nitrogen and oxygen atoms in total. The first-order valence-corrected chi connectivity index (χ1v) is 44.0. The fourth-order valence-electron chi connectivity index (χ4n) is 15.3. The van der Waals surface area contributed by atoms with Crippen molar-refractivity contribution in [1.82, 2.24) is 90.5 Å². The lowest BCUT2D eigenvalue weighted by molar-refractivity contribution is -0.148. The number of alkyl carbamates (subject to hydrolysis) is 2. The number of benzene rings is 1. The molecular formula is C91H120N18O20. The minimum absolute atomic E-state index is 0.00852. The monoisotopic (exact) mass is 1780 g/mol. The van der Waals surface area contributed by atoms with Crippen LogP contribution >= 0.6 is 0 Å². The molecule has 0 spiro atoms. The number of carboxylic acids is 4. The highest BCUT2D eigenvalue weighted by atomic mass is 16.6. The Bertz CT molecular complexity index is 5250. The third-order valence-electron chi connectivity index (χ3n) is 22.5. The van der Waals surface area contributed by atoms with Gasteiger partial charge in [-0.15, -0.1) is 20.4 Å². The van der Waals surface area contributed by atoms with Crippen LogP contribution in [0.3, 0.4) is 0 Å². The highest BCUT2D eigenvalue weighted by Gasteiger charge is 2.34. The highest BCUT2D eigenvalue weighted by molar-refractivity contribution is 5.77. The molecule has 0 aliphatic heterocycles. The lowest BCUT2D eigenvalue weighted by Gasteiger charge is -2.27. The molecule has 0 bridgehead atoms. The van der Waals surface area contributed by atoms with Gasteiger partial charge in [0, 0.05) is 28.2 Å². The first-order chi connectivity index (χ1) is 61.8. The van der Waals surface area contributed by atoms with Gasteiger partial charge in [0.2, 0.25) is 0 Å². The number of aryl methyl sites for hydroxylation is 7. The molecule has 4 saturated carbocycles. The Morgan fingerprint density at radius 3 is 1.16 bits per heavy atom. The summed E-state index contributed by atoms with van der Waals surface area (Å²) < 4.78 is 51.6. The number of hydrogen-bond acceptors (Lipinski definition) is 28. The second kappa shape index (κ2) is 47.7. The molecule has 13 rings (SSSR count). The van der Waals surface area contributed by atoms with Gasteiger partial charge in [-0.25, -0.2) is 33.9 Å². The van der Waals surface area contributed by atoms with Crippen LogP contribution in [0.15, 0.2) is 85.1 Å². The quantitative estimate of drug-likeness (QED) is 0.0126. The van der Waals surface area contributed by atoms with Gasteiger partial charge in [0.1, 0.15) is 51.9 Å². The normalized spacial score (nSPS) is 18.5. The van der Waals surface area contributed by atoms with Crippen molar-refractivity contribution in [2.75, 3.05) is 19.8 Å². The number of pyridine rings is 4. The molecule has 1 unspecified atom stereocenters. The van der Waals surface area contributed by atoms with Crippen LogP contribution in [0.5, 0.6) is 23.0 Å². The molecule has 38 heteroatoms. The summed E-state index contributed by atoms with van der Waals surface area (Å²) in [6.45, 7) is 18.8. The van der Waals surface area contributed by atoms with E-state index >= 15 is 0 Å². The number of amides is 2. The molecular weight excluding hydrogens is 1670 g/mol. The summed E-state index contributed by atoms with van der Waals surface area (Å²) in [6.07, 6.45) is 13.0. The maximum absolute atomic E-state index is 12.6. The predicted molar refractivity (Wildman–Crippen MR) is 467 cm³/mol. The van der Waals surface area contributed by atoms with E-state index in [1.807, 2.05) is 111 Å². The maximum atomic E-state index is 12.6. The standard InChI is InChI=1S/C25H28N4O5.2C22H31N5O5.C22H30N4O5/c1-16(17-7-4-3-5-8-17)33-23(30)14-22-24(27-28-29(22)2)21-12-11-20(15-26-21)34-19-10-6-9-18(13-19)25(31)32;1-13(2)12-31-22(30)23-11-18-20(25-26-27(18)4)17-8-9-19(14(3)24-17)32-16-7-5-6-15(10-16)21(28)29;1-4-5-11-31-22(30)23-13-18-20(25-26-27(18)3)17-9-10-19(14(2)24-17)32-16-8-6-7-15(12-16)21(28)29;1-13(2)12-30-20(27)11-18-21(24-25-26(18)4)17-8-9-19(14(3)23-17)31-16-7-5-6-15(10-16)22(28)29/h3-5,7-8,11-12,15-16,18-19H,6,9-10,13-14H2,1-2H3,(H,31,32);8-9,13,15-16H,5-7,10-12H2,1-4H3,(H,23,30)(H,28,29);9-10,15-16H,4-8,11-13H2,1-3H3,(H,23,30)(H,28,29);8-9,13,15-16H,5-7,10-12H2,1-4H3,(H,28,29)/t16-,18+,19+;15?,16-;2*15-,16-/m1000/s1. The Kier molecular flexibility index (Phi) is 36.3. The maximum Gasteiger partial charge on any atom is 0.407 e. The van der Waals surface area contributed by atoms with Crippen LogP contribution in [0, 0.1) is 56.3 Å². The Morgan fingerprint density at radius 1 is 0.426 bits per heavy atom. The van der Waals surface area contributed by atoms with Crippen molar-refractivity contribution < 1.29 is 96.7 Å². The summed E-state index contributed by atoms with van der Waals surface area (Å²) in [4.78, 5) is 112. The number of carbonyl (C=O) groups is 8. The third-order valence-corrected chi connectivity index (χ3v) is 22.5. The lowest BCUT2D eigenvalue weighted by atomic mass is 9.87. The zero-order valence-electron chi connectivity index (χ0n) is 75.6. The van der Waals surface area contributed by atoms with E-state index < -0.39 is 36.1 Å². The van der Waals surface area contributed by atoms with Gasteiger partial charge in [-0.1, -0.05) is 92.2 Å². The second-order valence-corrected chi connectivity index (χ2v) is 33.7. The van der Waals surface area contributed by atoms with Gasteiger partial charge in [-0.3, -0.25) is 43.1 Å². The first kappa shape index (κ1) is 98.1. The first-order valence-electron chi connectivity index (χ1n) is 44.0. The molecule has 9 aromatic rings. The summed E-state index contributed by atoms with van der Waals surface area (Å²) in [6, 6.07) is 23.9. The Balaban J connectivity index is 0.000000179. The molecule has 0 saturated heterocycles. The van der Waals surface area contributed by atoms with E-state index in [1.54, 1.807) is 83.4 Å². The van der Waals surface area contributed by atoms with Crippen molar-refractivity contribution in [3.63, 3.8) is 0 Å². The Morgan fingerprint density at radius 2 is 0.783 bits per heavy atom. The van der Waals surface area contributed by atoms with E-state index in [4.69, 9.17) is 37.9 Å². The Hall–Kier alpha value is -13.1. The molecule has 4 fully saturated rings. The molecule has 8 aromatic heterocycles. The van der Waals surface area contributed by atoms with E-state index in [0.717, 1.165) is 69.8 Å². The molecule has 4 aliphatic rings. The summed E-state index contributed by atoms with van der Waals surface area (Å²) in [5, 5.41) is 75.6. The number of hydrogen-bond donors (Lipinski definition) is 6. The average molecular weight is 1790 g/mol. The largest absolute Gasteiger partial charge is 0.489 e. The average Bonchev–Trinajstić information content (AvgIpc) is 1.80. The smallest absolute Gasteiger partial charge is 0.407 e. The molecule has 129 heavy (non-hydrogen) atoms. The van der Waals surface area contributed by atoms with Crippen molar-refractivity contribution in [1.29, 1.82) is 0 Å². The zero-order chi connectivity index (χ0) is 93.0. The number of esters is 2. The summed E-state index contributed by atoms with van der Waals surface area (Å²) in [7, 11) is 6.95. The fraction of sp³-hybridized carbons (Fsp3) is 0.538. The Labute approximate surface area is 748 Å². The number of aliphatic carboxylic acids is 4. The van der Waals surface area contributed by atoms with E-state index in [1.165, 1.54) is 0 Å². The lowest BCUT2D eigenvalue weighted by Crippen LogP contribution is -2.29. The second-order valence-electron chi connectivity index (χ2n) is 33.7. The summed E-state index contributed by atoms with van der Waals surface area (Å²) in [5.41, 5.74) is 10.1. The number of carbonyl (C=O) groups excluding carboxylic acids is 4. The van der Waals surface area contributed by atoms with Crippen molar-refractivity contribution in [3.8, 4) is 68.5 Å². The van der Waals surface area contributed by atoms with E-state index in [2.05, 4.69) is 71.8 Å². The van der Waals surface area contributed by atoms with E-state index in [9.17, 15) is 58.8 Å². The van der Waals surface area contributed by atoms with Gasteiger partial charge in [0.05, 0.1) is 163 Å². The highest BCUT2D eigenvalue weighted by Crippen LogP contribution is 2.37. The van der Waals surface area contributed by atoms with Gasteiger partial charge in [-0.2, -0.15) is 0 Å². The van der Waals surface area contributed by atoms with Gasteiger partial charge in [-0.05, 0) is 203 Å². The van der Waals surface area contributed by atoms with Gasteiger partial charge in [0.15, 0.2) is 0 Å². The molecule has 694 valence electrons. The molecule has 2 amide bonds. The summed E-state index contributed by atoms with van der Waals surface area (Å²) >= 11 is 0. The van der Waals surface area contributed by atoms with E-state index in [-0.39, 0.29) is 104 Å². The minimum Gasteiger partial charge on any atom is -0.489 e. The predicted octanol–water partition coefficient (Wildman–Crippen LogP) is 13.0. The van der Waals surface area contributed by atoms with Crippen LogP contribution in [-0.4, -0.2) is 193 Å². The van der Waals surface area contributed by atoms with Gasteiger partial charge >= 0.3 is 48.0 Å². The van der Waals surface area contributed by atoms with Crippen LogP contribution in [0.4, 0.5) is 9.59 Å². The molecule has 8 heterocycles. The molecule has 0 radical (unpaired) electrons. The minimum atomic E-state index is -0.770. The van der Waals surface area contributed by atoms with Gasteiger partial charge in [0.25, 0.3) is 0 Å². The van der Waals surface area contributed by atoms with Crippen molar-refractivity contribution in [2.24, 2.45) is 63.7 Å². The van der Waals surface area contributed by atoms with Crippen LogP contribution in [0.2, 0.25) is 0 Å². The van der Waals surface area contributed by atoms with E-state index in [0.29, 0.717) is 180 Å². The van der Waals surface area contributed by atoms with Crippen LogP contribution < -0.4 is 29.6 Å². The SMILES string of the molecule is CCCCOC(=O)NCc1c(-c2ccc(O[C@H]3CCC[C@H](C(=O)O)C3)c(C)n2)nnn1C.C[C@@H](OC(=O)Cc1c(-c2ccc(O[C@H]3CCC[C@H](C(=O)O)C3)cn2)nnn1C)c1ccccc1.Cc1nc(-c2nnn(C)c2CC(=O)OCC(C)C)ccc1O[C@H]1CCC[C@H](C(=O)O)C1.Cc1nc(-c2nnn(C)c2CNC(=O)OCC(C)C)ccc1O[C@H]1CCCC(C(=O)O)C1. The molecule has 1 aromatic carbocycles. The number of aromatic nitrogens is 16. The summed E-state index contributed by atoms with van der Waals surface area (Å²) in [5.74, 6) is -2.23. The molecule has 9 atom stereocenters. The number of ether oxygens (including phenoxy) is 8. The van der Waals surface area contributed by atoms with Crippen LogP contribution in [-0.2, 0) is 102 Å². The number of nitrogens with one attached hydrogen (secondary N) is 2. The van der Waals surface area contributed by atoms with Crippen molar-refractivity contribution in [2.45, 2.75) is 234 Å². The number of carboxylic acid groups (broad SMARTS) is 4. The molecule has 6 N–H and O–H groups in total.